The van der Waals surface area contributed by atoms with Gasteiger partial charge in [0.2, 0.25) is 0 Å². The van der Waals surface area contributed by atoms with Crippen LogP contribution in [0.5, 0.6) is 0 Å². The molecule has 0 amide bonds. The third-order valence-electron chi connectivity index (χ3n) is 3.47. The lowest BCUT2D eigenvalue weighted by Gasteiger charge is -2.33. The number of aryl methyl sites for hydroxylation is 1. The molecule has 1 heterocycles. The molecule has 2 rings (SSSR count). The van der Waals surface area contributed by atoms with Crippen molar-refractivity contribution < 1.29 is 9.47 Å². The van der Waals surface area contributed by atoms with E-state index in [4.69, 9.17) is 9.47 Å². The van der Waals surface area contributed by atoms with Crippen LogP contribution in [0.25, 0.3) is 0 Å². The predicted molar refractivity (Wildman–Crippen MR) is 73.6 cm³/mol. The van der Waals surface area contributed by atoms with Crippen LogP contribution in [0.4, 0.5) is 0 Å². The molecule has 1 fully saturated rings. The molecule has 100 valence electrons. The Kier molecular flexibility index (Phi) is 4.41. The molecule has 0 N–H and O–H groups in total. The highest BCUT2D eigenvalue weighted by atomic mass is 16.7. The Balaban J connectivity index is 1.96. The lowest BCUT2D eigenvalue weighted by molar-refractivity contribution is -0.214. The summed E-state index contributed by atoms with van der Waals surface area (Å²) in [7, 11) is 0. The van der Waals surface area contributed by atoms with E-state index in [1.165, 1.54) is 17.5 Å². The molecule has 0 spiro atoms. The molecule has 1 unspecified atom stereocenters. The number of rotatable bonds is 4. The van der Waals surface area contributed by atoms with Crippen LogP contribution in [0.15, 0.2) is 24.3 Å². The molecule has 2 nitrogen and oxygen atoms in total. The molecule has 2 heteroatoms. The minimum absolute atomic E-state index is 0.0160. The molecule has 1 aliphatic heterocycles. The van der Waals surface area contributed by atoms with E-state index in [1.54, 1.807) is 0 Å². The minimum atomic E-state index is -0.173. The van der Waals surface area contributed by atoms with Gasteiger partial charge in [-0.15, -0.1) is 0 Å². The van der Waals surface area contributed by atoms with Crippen molar-refractivity contribution in [3.63, 3.8) is 0 Å². The summed E-state index contributed by atoms with van der Waals surface area (Å²) in [6, 6.07) is 8.51. The standard InChI is InChI=1S/C16H24O2/c1-13-8-4-5-9-14(13)12-16(2,3)18-15-10-6-7-11-17-15/h4-5,8-9,15H,6-7,10-12H2,1-3H3. The van der Waals surface area contributed by atoms with Crippen molar-refractivity contribution in [3.8, 4) is 0 Å². The van der Waals surface area contributed by atoms with Gasteiger partial charge in [0.1, 0.15) is 0 Å². The summed E-state index contributed by atoms with van der Waals surface area (Å²) in [6.07, 6.45) is 4.32. The van der Waals surface area contributed by atoms with Crippen molar-refractivity contribution in [1.29, 1.82) is 0 Å². The normalized spacial score (nSPS) is 20.9. The number of hydrogen-bond donors (Lipinski definition) is 0. The highest BCUT2D eigenvalue weighted by Gasteiger charge is 2.26. The van der Waals surface area contributed by atoms with Gasteiger partial charge in [-0.25, -0.2) is 0 Å². The van der Waals surface area contributed by atoms with Crippen LogP contribution in [-0.4, -0.2) is 18.5 Å². The van der Waals surface area contributed by atoms with Crippen molar-refractivity contribution in [3.05, 3.63) is 35.4 Å². The van der Waals surface area contributed by atoms with Crippen LogP contribution >= 0.6 is 0 Å². The van der Waals surface area contributed by atoms with Crippen molar-refractivity contribution in [2.24, 2.45) is 0 Å². The molecule has 1 saturated heterocycles. The molecule has 1 atom stereocenters. The number of hydrogen-bond acceptors (Lipinski definition) is 2. The SMILES string of the molecule is Cc1ccccc1CC(C)(C)OC1CCCCO1. The van der Waals surface area contributed by atoms with E-state index in [9.17, 15) is 0 Å². The average Bonchev–Trinajstić information content (AvgIpc) is 2.32. The van der Waals surface area contributed by atoms with Gasteiger partial charge in [-0.05, 0) is 51.2 Å². The molecule has 1 aromatic rings. The summed E-state index contributed by atoms with van der Waals surface area (Å²) < 4.78 is 11.8. The zero-order chi connectivity index (χ0) is 13.0. The molecule has 18 heavy (non-hydrogen) atoms. The third-order valence-corrected chi connectivity index (χ3v) is 3.47. The van der Waals surface area contributed by atoms with E-state index in [2.05, 4.69) is 45.0 Å². The van der Waals surface area contributed by atoms with Gasteiger partial charge in [-0.2, -0.15) is 0 Å². The summed E-state index contributed by atoms with van der Waals surface area (Å²) in [4.78, 5) is 0. The first-order valence-electron chi connectivity index (χ1n) is 6.91. The fraction of sp³-hybridized carbons (Fsp3) is 0.625. The Morgan fingerprint density at radius 3 is 2.72 bits per heavy atom. The maximum atomic E-state index is 6.12. The molecule has 0 aliphatic carbocycles. The Labute approximate surface area is 110 Å². The van der Waals surface area contributed by atoms with Gasteiger partial charge < -0.3 is 9.47 Å². The number of benzene rings is 1. The van der Waals surface area contributed by atoms with Crippen LogP contribution in [-0.2, 0) is 15.9 Å². The van der Waals surface area contributed by atoms with Crippen LogP contribution in [0.3, 0.4) is 0 Å². The average molecular weight is 248 g/mol. The van der Waals surface area contributed by atoms with E-state index in [0.717, 1.165) is 25.9 Å². The van der Waals surface area contributed by atoms with Crippen molar-refractivity contribution in [2.75, 3.05) is 6.61 Å². The van der Waals surface area contributed by atoms with Crippen molar-refractivity contribution >= 4 is 0 Å². The van der Waals surface area contributed by atoms with Gasteiger partial charge in [0.15, 0.2) is 6.29 Å². The summed E-state index contributed by atoms with van der Waals surface area (Å²) in [6.45, 7) is 7.29. The molecule has 0 aromatic heterocycles. The van der Waals surface area contributed by atoms with E-state index in [0.29, 0.717) is 0 Å². The summed E-state index contributed by atoms with van der Waals surface area (Å²) in [5.41, 5.74) is 2.52. The maximum absolute atomic E-state index is 6.12. The van der Waals surface area contributed by atoms with E-state index in [-0.39, 0.29) is 11.9 Å². The van der Waals surface area contributed by atoms with Gasteiger partial charge >= 0.3 is 0 Å². The molecular formula is C16H24O2. The zero-order valence-electron chi connectivity index (χ0n) is 11.7. The predicted octanol–water partition coefficient (Wildman–Crippen LogP) is 3.86. The van der Waals surface area contributed by atoms with Gasteiger partial charge in [0, 0.05) is 13.0 Å². The van der Waals surface area contributed by atoms with Gasteiger partial charge in [-0.1, -0.05) is 24.3 Å². The largest absolute Gasteiger partial charge is 0.353 e. The smallest absolute Gasteiger partial charge is 0.158 e. The summed E-state index contributed by atoms with van der Waals surface area (Å²) in [5, 5.41) is 0. The van der Waals surface area contributed by atoms with E-state index >= 15 is 0 Å². The second kappa shape index (κ2) is 5.85. The topological polar surface area (TPSA) is 18.5 Å². The molecule has 0 radical (unpaired) electrons. The summed E-state index contributed by atoms with van der Waals surface area (Å²) >= 11 is 0. The second-order valence-electron chi connectivity index (χ2n) is 5.78. The monoisotopic (exact) mass is 248 g/mol. The lowest BCUT2D eigenvalue weighted by atomic mass is 9.95. The maximum Gasteiger partial charge on any atom is 0.158 e. The van der Waals surface area contributed by atoms with Gasteiger partial charge in [0.05, 0.1) is 5.60 Å². The van der Waals surface area contributed by atoms with Crippen LogP contribution in [0.2, 0.25) is 0 Å². The third kappa shape index (κ3) is 3.82. The van der Waals surface area contributed by atoms with Crippen LogP contribution < -0.4 is 0 Å². The molecule has 1 aromatic carbocycles. The van der Waals surface area contributed by atoms with E-state index in [1.807, 2.05) is 0 Å². The zero-order valence-corrected chi connectivity index (χ0v) is 11.7. The molecule has 1 aliphatic rings. The first kappa shape index (κ1) is 13.6. The van der Waals surface area contributed by atoms with Crippen LogP contribution in [0, 0.1) is 6.92 Å². The van der Waals surface area contributed by atoms with Gasteiger partial charge in [-0.3, -0.25) is 0 Å². The lowest BCUT2D eigenvalue weighted by Crippen LogP contribution is -2.36. The summed E-state index contributed by atoms with van der Waals surface area (Å²) in [5.74, 6) is 0. The highest BCUT2D eigenvalue weighted by molar-refractivity contribution is 5.26. The minimum Gasteiger partial charge on any atom is -0.353 e. The fourth-order valence-electron chi connectivity index (χ4n) is 2.47. The molecular weight excluding hydrogens is 224 g/mol. The van der Waals surface area contributed by atoms with Crippen molar-refractivity contribution in [2.45, 2.75) is 58.3 Å². The molecule has 0 saturated carbocycles. The second-order valence-corrected chi connectivity index (χ2v) is 5.78. The number of ether oxygens (including phenoxy) is 2. The first-order chi connectivity index (χ1) is 8.57. The van der Waals surface area contributed by atoms with Gasteiger partial charge in [0.25, 0.3) is 0 Å². The fourth-order valence-corrected chi connectivity index (χ4v) is 2.47. The Bertz CT molecular complexity index is 378. The molecule has 0 bridgehead atoms. The van der Waals surface area contributed by atoms with Crippen LogP contribution in [0.1, 0.15) is 44.2 Å². The van der Waals surface area contributed by atoms with E-state index < -0.39 is 0 Å². The quantitative estimate of drug-likeness (QED) is 0.805. The Morgan fingerprint density at radius 1 is 1.28 bits per heavy atom. The first-order valence-corrected chi connectivity index (χ1v) is 6.91. The van der Waals surface area contributed by atoms with Crippen molar-refractivity contribution in [1.82, 2.24) is 0 Å². The Morgan fingerprint density at radius 2 is 2.06 bits per heavy atom. The highest BCUT2D eigenvalue weighted by Crippen LogP contribution is 2.24. The Hall–Kier alpha value is -0.860.